The highest BCUT2D eigenvalue weighted by molar-refractivity contribution is 5.82. The van der Waals surface area contributed by atoms with Crippen molar-refractivity contribution in [2.45, 2.75) is 38.3 Å². The SMILES string of the molecule is CCN(C(=O)OCc1ccccc1)C(C(=O)O)c1ccccc1C1CC1. The molecule has 1 atom stereocenters. The average molecular weight is 353 g/mol. The maximum Gasteiger partial charge on any atom is 0.411 e. The third-order valence-corrected chi connectivity index (χ3v) is 4.63. The van der Waals surface area contributed by atoms with Gasteiger partial charge in [-0.2, -0.15) is 0 Å². The van der Waals surface area contributed by atoms with Crippen LogP contribution in [0.15, 0.2) is 54.6 Å². The van der Waals surface area contributed by atoms with Gasteiger partial charge in [-0.05, 0) is 42.4 Å². The molecule has 0 aliphatic heterocycles. The first-order chi connectivity index (χ1) is 12.6. The molecule has 0 spiro atoms. The van der Waals surface area contributed by atoms with Gasteiger partial charge in [-0.15, -0.1) is 0 Å². The fraction of sp³-hybridized carbons (Fsp3) is 0.333. The van der Waals surface area contributed by atoms with Crippen molar-refractivity contribution in [3.8, 4) is 0 Å². The van der Waals surface area contributed by atoms with Crippen LogP contribution in [0.3, 0.4) is 0 Å². The van der Waals surface area contributed by atoms with Crippen LogP contribution < -0.4 is 0 Å². The van der Waals surface area contributed by atoms with E-state index in [2.05, 4.69) is 0 Å². The summed E-state index contributed by atoms with van der Waals surface area (Å²) in [5, 5.41) is 9.84. The molecule has 1 aliphatic carbocycles. The Labute approximate surface area is 153 Å². The van der Waals surface area contributed by atoms with Crippen LogP contribution in [0.25, 0.3) is 0 Å². The Morgan fingerprint density at radius 3 is 2.38 bits per heavy atom. The molecule has 0 bridgehead atoms. The van der Waals surface area contributed by atoms with Crippen molar-refractivity contribution in [1.29, 1.82) is 0 Å². The molecule has 1 N–H and O–H groups in total. The highest BCUT2D eigenvalue weighted by Gasteiger charge is 2.36. The Morgan fingerprint density at radius 1 is 1.12 bits per heavy atom. The standard InChI is InChI=1S/C21H23NO4/c1-2-22(21(25)26-14-15-8-4-3-5-9-15)19(20(23)24)18-11-7-6-10-17(18)16-12-13-16/h3-11,16,19H,2,12-14H2,1H3,(H,23,24). The number of carboxylic acid groups (broad SMARTS) is 1. The summed E-state index contributed by atoms with van der Waals surface area (Å²) < 4.78 is 5.37. The van der Waals surface area contributed by atoms with Gasteiger partial charge in [0.25, 0.3) is 0 Å². The maximum absolute atomic E-state index is 12.6. The van der Waals surface area contributed by atoms with Crippen LogP contribution in [0.5, 0.6) is 0 Å². The topological polar surface area (TPSA) is 66.8 Å². The molecule has 26 heavy (non-hydrogen) atoms. The minimum atomic E-state index is -1.04. The van der Waals surface area contributed by atoms with Gasteiger partial charge >= 0.3 is 12.1 Å². The van der Waals surface area contributed by atoms with E-state index in [1.165, 1.54) is 4.90 Å². The largest absolute Gasteiger partial charge is 0.479 e. The smallest absolute Gasteiger partial charge is 0.411 e. The second kappa shape index (κ2) is 8.04. The molecule has 5 nitrogen and oxygen atoms in total. The molecule has 3 rings (SSSR count). The lowest BCUT2D eigenvalue weighted by Crippen LogP contribution is -2.39. The second-order valence-corrected chi connectivity index (χ2v) is 6.47. The Bertz CT molecular complexity index is 771. The first kappa shape index (κ1) is 18.0. The first-order valence-electron chi connectivity index (χ1n) is 8.90. The predicted octanol–water partition coefficient (Wildman–Crippen LogP) is 4.35. The van der Waals surface area contributed by atoms with Crippen LogP contribution in [-0.4, -0.2) is 28.6 Å². The Kier molecular flexibility index (Phi) is 5.56. The van der Waals surface area contributed by atoms with Gasteiger partial charge < -0.3 is 9.84 Å². The number of rotatable bonds is 7. The second-order valence-electron chi connectivity index (χ2n) is 6.47. The van der Waals surface area contributed by atoms with Crippen molar-refractivity contribution in [1.82, 2.24) is 4.90 Å². The third kappa shape index (κ3) is 4.04. The van der Waals surface area contributed by atoms with Gasteiger partial charge in [-0.25, -0.2) is 9.59 Å². The van der Waals surface area contributed by atoms with E-state index in [0.29, 0.717) is 11.5 Å². The van der Waals surface area contributed by atoms with Crippen molar-refractivity contribution in [3.05, 3.63) is 71.3 Å². The number of aliphatic carboxylic acids is 1. The van der Waals surface area contributed by atoms with Crippen molar-refractivity contribution >= 4 is 12.1 Å². The highest BCUT2D eigenvalue weighted by atomic mass is 16.6. The normalized spacial score (nSPS) is 14.5. The Hall–Kier alpha value is -2.82. The molecule has 1 unspecified atom stereocenters. The van der Waals surface area contributed by atoms with Crippen LogP contribution in [0.4, 0.5) is 4.79 Å². The van der Waals surface area contributed by atoms with E-state index in [4.69, 9.17) is 4.74 Å². The predicted molar refractivity (Wildman–Crippen MR) is 97.8 cm³/mol. The van der Waals surface area contributed by atoms with Gasteiger partial charge in [0.05, 0.1) is 0 Å². The van der Waals surface area contributed by atoms with Crippen LogP contribution in [0, 0.1) is 0 Å². The van der Waals surface area contributed by atoms with Crippen LogP contribution in [-0.2, 0) is 16.1 Å². The highest BCUT2D eigenvalue weighted by Crippen LogP contribution is 2.43. The molecule has 0 heterocycles. The summed E-state index contributed by atoms with van der Waals surface area (Å²) in [6.07, 6.45) is 1.51. The van der Waals surface area contributed by atoms with Gasteiger partial charge in [0.2, 0.25) is 0 Å². The molecular formula is C21H23NO4. The summed E-state index contributed by atoms with van der Waals surface area (Å²) in [4.78, 5) is 25.9. The number of likely N-dealkylation sites (N-methyl/N-ethyl adjacent to an activating group) is 1. The number of ether oxygens (including phenoxy) is 1. The zero-order chi connectivity index (χ0) is 18.5. The maximum atomic E-state index is 12.6. The quantitative estimate of drug-likeness (QED) is 0.804. The summed E-state index contributed by atoms with van der Waals surface area (Å²) in [6.45, 7) is 2.13. The molecule has 2 aromatic rings. The van der Waals surface area contributed by atoms with E-state index < -0.39 is 18.1 Å². The molecule has 2 aromatic carbocycles. The zero-order valence-electron chi connectivity index (χ0n) is 14.8. The summed E-state index contributed by atoms with van der Waals surface area (Å²) in [5.74, 6) is -0.649. The third-order valence-electron chi connectivity index (χ3n) is 4.63. The van der Waals surface area contributed by atoms with E-state index in [0.717, 1.165) is 24.0 Å². The van der Waals surface area contributed by atoms with Crippen molar-refractivity contribution in [2.24, 2.45) is 0 Å². The first-order valence-corrected chi connectivity index (χ1v) is 8.90. The number of carbonyl (C=O) groups excluding carboxylic acids is 1. The molecule has 1 aliphatic rings. The van der Waals surface area contributed by atoms with Gasteiger partial charge in [-0.1, -0.05) is 54.6 Å². The molecule has 1 fully saturated rings. The molecule has 1 saturated carbocycles. The van der Waals surface area contributed by atoms with E-state index >= 15 is 0 Å². The molecule has 136 valence electrons. The van der Waals surface area contributed by atoms with Gasteiger partial charge in [-0.3, -0.25) is 4.90 Å². The summed E-state index contributed by atoms with van der Waals surface area (Å²) in [6, 6.07) is 15.8. The van der Waals surface area contributed by atoms with E-state index in [1.807, 2.05) is 48.5 Å². The van der Waals surface area contributed by atoms with Crippen molar-refractivity contribution < 1.29 is 19.4 Å². The monoisotopic (exact) mass is 353 g/mol. The number of hydrogen-bond donors (Lipinski definition) is 1. The molecular weight excluding hydrogens is 330 g/mol. The Balaban J connectivity index is 1.81. The van der Waals surface area contributed by atoms with Crippen molar-refractivity contribution in [3.63, 3.8) is 0 Å². The average Bonchev–Trinajstić information content (AvgIpc) is 3.50. The number of benzene rings is 2. The molecule has 0 aromatic heterocycles. The molecule has 1 amide bonds. The molecule has 0 radical (unpaired) electrons. The van der Waals surface area contributed by atoms with E-state index in [1.54, 1.807) is 13.0 Å². The Morgan fingerprint density at radius 2 is 1.77 bits per heavy atom. The minimum Gasteiger partial charge on any atom is -0.479 e. The van der Waals surface area contributed by atoms with Crippen molar-refractivity contribution in [2.75, 3.05) is 6.54 Å². The van der Waals surface area contributed by atoms with Crippen LogP contribution in [0.2, 0.25) is 0 Å². The zero-order valence-corrected chi connectivity index (χ0v) is 14.8. The van der Waals surface area contributed by atoms with E-state index in [-0.39, 0.29) is 13.2 Å². The summed E-state index contributed by atoms with van der Waals surface area (Å²) in [5.41, 5.74) is 2.57. The number of hydrogen-bond acceptors (Lipinski definition) is 3. The van der Waals surface area contributed by atoms with Gasteiger partial charge in [0.15, 0.2) is 6.04 Å². The number of carboxylic acids is 1. The minimum absolute atomic E-state index is 0.118. The van der Waals surface area contributed by atoms with Crippen LogP contribution in [0.1, 0.15) is 48.4 Å². The fourth-order valence-corrected chi connectivity index (χ4v) is 3.18. The lowest BCUT2D eigenvalue weighted by molar-refractivity contribution is -0.143. The molecule has 5 heteroatoms. The van der Waals surface area contributed by atoms with E-state index in [9.17, 15) is 14.7 Å². The lowest BCUT2D eigenvalue weighted by Gasteiger charge is -2.28. The number of carbonyl (C=O) groups is 2. The summed E-state index contributed by atoms with van der Waals surface area (Å²) >= 11 is 0. The lowest BCUT2D eigenvalue weighted by atomic mass is 9.96. The fourth-order valence-electron chi connectivity index (χ4n) is 3.18. The summed E-state index contributed by atoms with van der Waals surface area (Å²) in [7, 11) is 0. The van der Waals surface area contributed by atoms with Gasteiger partial charge in [0.1, 0.15) is 6.61 Å². The van der Waals surface area contributed by atoms with Gasteiger partial charge in [0, 0.05) is 6.54 Å². The number of amides is 1. The number of nitrogens with zero attached hydrogens (tertiary/aromatic N) is 1. The van der Waals surface area contributed by atoms with Crippen LogP contribution >= 0.6 is 0 Å². The molecule has 0 saturated heterocycles.